The third-order valence-electron chi connectivity index (χ3n) is 3.07. The van der Waals surface area contributed by atoms with E-state index in [-0.39, 0.29) is 11.3 Å². The highest BCUT2D eigenvalue weighted by Crippen LogP contribution is 2.31. The number of halogens is 2. The molecule has 0 aromatic heterocycles. The fraction of sp³-hybridized carbons (Fsp3) is 0.125. The highest BCUT2D eigenvalue weighted by atomic mass is 32.2. The summed E-state index contributed by atoms with van der Waals surface area (Å²) in [6, 6.07) is 7.04. The summed E-state index contributed by atoms with van der Waals surface area (Å²) >= 11 is 0. The predicted octanol–water partition coefficient (Wildman–Crippen LogP) is 2.33. The monoisotopic (exact) mass is 382 g/mol. The molecule has 0 aliphatic carbocycles. The van der Waals surface area contributed by atoms with Crippen molar-refractivity contribution in [1.29, 1.82) is 5.26 Å². The van der Waals surface area contributed by atoms with Crippen LogP contribution in [0.3, 0.4) is 0 Å². The average molecular weight is 382 g/mol. The number of benzene rings is 2. The molecule has 0 spiro atoms. The van der Waals surface area contributed by atoms with Crippen molar-refractivity contribution in [2.24, 2.45) is 0 Å². The molecular weight excluding hydrogens is 370 g/mol. The van der Waals surface area contributed by atoms with Crippen LogP contribution in [0.2, 0.25) is 0 Å². The quantitative estimate of drug-likeness (QED) is 0.851. The van der Waals surface area contributed by atoms with E-state index in [0.29, 0.717) is 24.1 Å². The molecule has 0 fully saturated rings. The zero-order chi connectivity index (χ0) is 19.5. The largest absolute Gasteiger partial charge is 0.497 e. The van der Waals surface area contributed by atoms with Gasteiger partial charge in [0.05, 0.1) is 24.5 Å². The van der Waals surface area contributed by atoms with Crippen molar-refractivity contribution in [3.05, 3.63) is 53.1 Å². The average Bonchev–Trinajstić information content (AvgIpc) is 2.56. The number of hydrogen-bond acceptors (Lipinski definition) is 6. The minimum Gasteiger partial charge on any atom is -0.497 e. The molecule has 7 nitrogen and oxygen atoms in total. The molecule has 0 aliphatic heterocycles. The number of amides is 1. The van der Waals surface area contributed by atoms with Crippen LogP contribution in [0.1, 0.15) is 15.9 Å². The van der Waals surface area contributed by atoms with Crippen LogP contribution in [0.4, 0.5) is 8.78 Å². The van der Waals surface area contributed by atoms with Crippen molar-refractivity contribution < 1.29 is 31.5 Å². The van der Waals surface area contributed by atoms with Crippen LogP contribution in [0.5, 0.6) is 17.2 Å². The SMILES string of the molecule is COc1ccc(Oc2cc(F)c(C(=O)NS(C)(=O)=O)cc2F)c(C#N)c1. The fourth-order valence-electron chi connectivity index (χ4n) is 1.94. The summed E-state index contributed by atoms with van der Waals surface area (Å²) in [6.07, 6.45) is 0.698. The first-order valence-electron chi connectivity index (χ1n) is 6.91. The molecule has 2 rings (SSSR count). The van der Waals surface area contributed by atoms with Crippen molar-refractivity contribution in [3.63, 3.8) is 0 Å². The van der Waals surface area contributed by atoms with Gasteiger partial charge in [-0.15, -0.1) is 0 Å². The summed E-state index contributed by atoms with van der Waals surface area (Å²) in [5.41, 5.74) is -0.793. The third kappa shape index (κ3) is 4.46. The van der Waals surface area contributed by atoms with Gasteiger partial charge in [0, 0.05) is 12.1 Å². The van der Waals surface area contributed by atoms with Gasteiger partial charge in [0.2, 0.25) is 10.0 Å². The first-order valence-corrected chi connectivity index (χ1v) is 8.81. The molecule has 0 heterocycles. The maximum atomic E-state index is 14.2. The molecular formula is C16H12F2N2O5S. The van der Waals surface area contributed by atoms with E-state index in [1.807, 2.05) is 6.07 Å². The minimum atomic E-state index is -3.94. The Morgan fingerprint density at radius 1 is 1.15 bits per heavy atom. The molecule has 1 amide bonds. The topological polar surface area (TPSA) is 105 Å². The number of nitriles is 1. The van der Waals surface area contributed by atoms with E-state index in [1.165, 1.54) is 30.0 Å². The van der Waals surface area contributed by atoms with Crippen LogP contribution in [-0.4, -0.2) is 27.7 Å². The molecule has 10 heteroatoms. The van der Waals surface area contributed by atoms with Gasteiger partial charge in [-0.3, -0.25) is 4.79 Å². The Kier molecular flexibility index (Phi) is 5.42. The number of hydrogen-bond donors (Lipinski definition) is 1. The third-order valence-corrected chi connectivity index (χ3v) is 3.63. The molecule has 0 saturated carbocycles. The second-order valence-electron chi connectivity index (χ2n) is 5.04. The molecule has 136 valence electrons. The standard InChI is InChI=1S/C16H12F2N2O5S/c1-24-10-3-4-14(9(5-10)8-19)25-15-7-12(17)11(6-13(15)18)16(21)20-26(2,22)23/h3-7H,1-2H3,(H,20,21). The second kappa shape index (κ2) is 7.37. The van der Waals surface area contributed by atoms with Gasteiger partial charge in [0.25, 0.3) is 5.91 Å². The second-order valence-corrected chi connectivity index (χ2v) is 6.79. The number of nitrogens with one attached hydrogen (secondary N) is 1. The summed E-state index contributed by atoms with van der Waals surface area (Å²) in [6.45, 7) is 0. The number of carbonyl (C=O) groups is 1. The summed E-state index contributed by atoms with van der Waals surface area (Å²) in [4.78, 5) is 11.7. The molecule has 0 aliphatic rings. The van der Waals surface area contributed by atoms with E-state index >= 15 is 0 Å². The molecule has 2 aromatic carbocycles. The molecule has 0 bridgehead atoms. The van der Waals surface area contributed by atoms with Crippen molar-refractivity contribution in [1.82, 2.24) is 4.72 Å². The van der Waals surface area contributed by atoms with Crippen molar-refractivity contribution >= 4 is 15.9 Å². The molecule has 26 heavy (non-hydrogen) atoms. The van der Waals surface area contributed by atoms with Gasteiger partial charge < -0.3 is 9.47 Å². The van der Waals surface area contributed by atoms with E-state index in [4.69, 9.17) is 14.7 Å². The summed E-state index contributed by atoms with van der Waals surface area (Å²) < 4.78 is 62.0. The van der Waals surface area contributed by atoms with Crippen LogP contribution in [-0.2, 0) is 10.0 Å². The Bertz CT molecular complexity index is 1020. The van der Waals surface area contributed by atoms with E-state index in [9.17, 15) is 22.0 Å². The van der Waals surface area contributed by atoms with E-state index in [2.05, 4.69) is 0 Å². The van der Waals surface area contributed by atoms with Gasteiger partial charge in [0.1, 0.15) is 23.4 Å². The van der Waals surface area contributed by atoms with Gasteiger partial charge >= 0.3 is 0 Å². The molecule has 0 unspecified atom stereocenters. The Hall–Kier alpha value is -3.19. The van der Waals surface area contributed by atoms with Crippen molar-refractivity contribution in [2.45, 2.75) is 0 Å². The zero-order valence-electron chi connectivity index (χ0n) is 13.5. The van der Waals surface area contributed by atoms with Crippen LogP contribution in [0.25, 0.3) is 0 Å². The van der Waals surface area contributed by atoms with Crippen LogP contribution >= 0.6 is 0 Å². The number of nitrogens with zero attached hydrogens (tertiary/aromatic N) is 1. The summed E-state index contributed by atoms with van der Waals surface area (Å²) in [5, 5.41) is 9.10. The number of methoxy groups -OCH3 is 1. The smallest absolute Gasteiger partial charge is 0.267 e. The van der Waals surface area contributed by atoms with Gasteiger partial charge in [0.15, 0.2) is 11.6 Å². The lowest BCUT2D eigenvalue weighted by molar-refractivity contribution is 0.0977. The molecule has 0 radical (unpaired) electrons. The van der Waals surface area contributed by atoms with E-state index < -0.39 is 38.9 Å². The molecule has 1 N–H and O–H groups in total. The number of sulfonamides is 1. The predicted molar refractivity (Wildman–Crippen MR) is 86.5 cm³/mol. The van der Waals surface area contributed by atoms with Gasteiger partial charge in [-0.05, 0) is 18.2 Å². The number of carbonyl (C=O) groups excluding carboxylic acids is 1. The summed E-state index contributed by atoms with van der Waals surface area (Å²) in [7, 11) is -2.55. The van der Waals surface area contributed by atoms with Crippen molar-refractivity contribution in [3.8, 4) is 23.3 Å². The Balaban J connectivity index is 2.37. The first kappa shape index (κ1) is 19.1. The van der Waals surface area contributed by atoms with E-state index in [1.54, 1.807) is 0 Å². The van der Waals surface area contributed by atoms with Gasteiger partial charge in [-0.25, -0.2) is 21.9 Å². The number of ether oxygens (including phenoxy) is 2. The first-order chi connectivity index (χ1) is 12.1. The van der Waals surface area contributed by atoms with Gasteiger partial charge in [-0.1, -0.05) is 0 Å². The van der Waals surface area contributed by atoms with Gasteiger partial charge in [-0.2, -0.15) is 5.26 Å². The van der Waals surface area contributed by atoms with E-state index in [0.717, 1.165) is 0 Å². The normalized spacial score (nSPS) is 10.7. The summed E-state index contributed by atoms with van der Waals surface area (Å²) in [5.74, 6) is -3.91. The zero-order valence-corrected chi connectivity index (χ0v) is 14.4. The Morgan fingerprint density at radius 3 is 2.42 bits per heavy atom. The molecule has 0 atom stereocenters. The van der Waals surface area contributed by atoms with Crippen LogP contribution in [0, 0.1) is 23.0 Å². The fourth-order valence-corrected chi connectivity index (χ4v) is 2.38. The lowest BCUT2D eigenvalue weighted by Gasteiger charge is -2.11. The lowest BCUT2D eigenvalue weighted by Crippen LogP contribution is -2.30. The van der Waals surface area contributed by atoms with Crippen LogP contribution in [0.15, 0.2) is 30.3 Å². The number of rotatable bonds is 5. The Labute approximate surface area is 147 Å². The van der Waals surface area contributed by atoms with Crippen LogP contribution < -0.4 is 14.2 Å². The maximum Gasteiger partial charge on any atom is 0.267 e. The van der Waals surface area contributed by atoms with Crippen molar-refractivity contribution in [2.75, 3.05) is 13.4 Å². The minimum absolute atomic E-state index is 0.0167. The highest BCUT2D eigenvalue weighted by molar-refractivity contribution is 7.89. The highest BCUT2D eigenvalue weighted by Gasteiger charge is 2.20. The molecule has 0 saturated heterocycles. The molecule has 2 aromatic rings. The Morgan fingerprint density at radius 2 is 1.85 bits per heavy atom. The lowest BCUT2D eigenvalue weighted by atomic mass is 10.1. The maximum absolute atomic E-state index is 14.2.